The molecule has 0 saturated carbocycles. The second-order valence-corrected chi connectivity index (χ2v) is 10.5. The van der Waals surface area contributed by atoms with Gasteiger partial charge in [-0.15, -0.1) is 0 Å². The van der Waals surface area contributed by atoms with Crippen molar-refractivity contribution in [2.24, 2.45) is 0 Å². The quantitative estimate of drug-likeness (QED) is 0.0992. The number of phenolic OH excluding ortho intramolecular Hbond substituents is 1. The fourth-order valence-corrected chi connectivity index (χ4v) is 5.09. The van der Waals surface area contributed by atoms with Gasteiger partial charge in [-0.1, -0.05) is 0 Å². The second kappa shape index (κ2) is 13.4. The second-order valence-electron chi connectivity index (χ2n) is 10.5. The zero-order valence-electron chi connectivity index (χ0n) is 23.6. The molecule has 8 N–H and O–H groups in total. The fourth-order valence-electron chi connectivity index (χ4n) is 5.09. The molecule has 244 valence electrons. The lowest BCUT2D eigenvalue weighted by Crippen LogP contribution is -2.65. The standard InChI is InChI=1S/C29H32O16/c1-11(32)40-17-6-14(7-18-21(17)15(34)8-16(42-18)12-2-4-13(33)5-3-12)41-28-26(39)24(37)27(20(10-31)44-28)45-29-25(38)23(36)22(35)19(9-30)43-29/h2-8,19-20,22-31,33,35-39H,9-10H2,1H3/t19-,20+,22-,23+,24+,25+,26+,27?,28?,29?/m0/s1. The Hall–Kier alpha value is -3.68. The Morgan fingerprint density at radius 1 is 0.822 bits per heavy atom. The third kappa shape index (κ3) is 6.66. The van der Waals surface area contributed by atoms with Crippen molar-refractivity contribution in [3.63, 3.8) is 0 Å². The first kappa shape index (κ1) is 32.7. The number of fused-ring (bicyclic) bond motifs is 1. The summed E-state index contributed by atoms with van der Waals surface area (Å²) in [6.07, 6.45) is -16.7. The number of aromatic hydroxyl groups is 1. The number of hydrogen-bond acceptors (Lipinski definition) is 16. The molecule has 2 fully saturated rings. The predicted octanol–water partition coefficient (Wildman–Crippen LogP) is -1.91. The van der Waals surface area contributed by atoms with Crippen molar-refractivity contribution in [2.45, 2.75) is 68.3 Å². The van der Waals surface area contributed by atoms with E-state index < -0.39 is 86.0 Å². The highest BCUT2D eigenvalue weighted by atomic mass is 16.7. The number of esters is 1. The van der Waals surface area contributed by atoms with Crippen LogP contribution in [0.3, 0.4) is 0 Å². The Labute approximate surface area is 253 Å². The van der Waals surface area contributed by atoms with E-state index in [1.165, 1.54) is 36.4 Å². The van der Waals surface area contributed by atoms with Crippen LogP contribution in [-0.2, 0) is 19.0 Å². The smallest absolute Gasteiger partial charge is 0.308 e. The highest BCUT2D eigenvalue weighted by Gasteiger charge is 2.51. The van der Waals surface area contributed by atoms with Crippen molar-refractivity contribution in [2.75, 3.05) is 13.2 Å². The largest absolute Gasteiger partial charge is 0.508 e. The molecule has 2 aromatic carbocycles. The molecule has 2 aliphatic rings. The van der Waals surface area contributed by atoms with Crippen LogP contribution in [0.25, 0.3) is 22.3 Å². The van der Waals surface area contributed by atoms with Crippen molar-refractivity contribution in [3.8, 4) is 28.6 Å². The van der Waals surface area contributed by atoms with Crippen LogP contribution >= 0.6 is 0 Å². The van der Waals surface area contributed by atoms with Crippen LogP contribution in [0.4, 0.5) is 0 Å². The average Bonchev–Trinajstić information content (AvgIpc) is 3.00. The monoisotopic (exact) mass is 636 g/mol. The Morgan fingerprint density at radius 2 is 1.47 bits per heavy atom. The van der Waals surface area contributed by atoms with Gasteiger partial charge in [0.05, 0.1) is 13.2 Å². The van der Waals surface area contributed by atoms with Gasteiger partial charge in [-0.25, -0.2) is 0 Å². The molecule has 0 spiro atoms. The molecule has 16 nitrogen and oxygen atoms in total. The van der Waals surface area contributed by atoms with Crippen molar-refractivity contribution in [3.05, 3.63) is 52.7 Å². The molecular formula is C29H32O16. The number of rotatable bonds is 8. The van der Waals surface area contributed by atoms with Crippen LogP contribution in [0.5, 0.6) is 17.2 Å². The van der Waals surface area contributed by atoms with Crippen molar-refractivity contribution in [1.82, 2.24) is 0 Å². The highest BCUT2D eigenvalue weighted by molar-refractivity contribution is 5.88. The molecule has 2 saturated heterocycles. The van der Waals surface area contributed by atoms with Gasteiger partial charge in [0.2, 0.25) is 6.29 Å². The highest BCUT2D eigenvalue weighted by Crippen LogP contribution is 2.35. The van der Waals surface area contributed by atoms with E-state index in [9.17, 15) is 50.4 Å². The molecule has 0 aliphatic carbocycles. The van der Waals surface area contributed by atoms with E-state index in [-0.39, 0.29) is 34.0 Å². The topological polar surface area (TPSA) is 255 Å². The van der Waals surface area contributed by atoms with E-state index in [2.05, 4.69) is 0 Å². The first-order valence-electron chi connectivity index (χ1n) is 13.8. The summed E-state index contributed by atoms with van der Waals surface area (Å²) in [7, 11) is 0. The Kier molecular flexibility index (Phi) is 9.71. The lowest BCUT2D eigenvalue weighted by Gasteiger charge is -2.45. The molecule has 2 aliphatic heterocycles. The van der Waals surface area contributed by atoms with Gasteiger partial charge in [0, 0.05) is 30.7 Å². The zero-order valence-corrected chi connectivity index (χ0v) is 23.6. The number of carbonyl (C=O) groups is 1. The molecule has 10 atom stereocenters. The minimum absolute atomic E-state index is 0.00930. The molecule has 5 rings (SSSR count). The van der Waals surface area contributed by atoms with Crippen molar-refractivity contribution < 1.29 is 73.7 Å². The number of aliphatic hydroxyl groups excluding tert-OH is 7. The van der Waals surface area contributed by atoms with E-state index >= 15 is 0 Å². The van der Waals surface area contributed by atoms with Gasteiger partial charge in [-0.05, 0) is 24.3 Å². The molecule has 3 heterocycles. The maximum Gasteiger partial charge on any atom is 0.308 e. The van der Waals surface area contributed by atoms with Crippen LogP contribution in [0, 0.1) is 0 Å². The molecule has 3 unspecified atom stereocenters. The number of ether oxygens (including phenoxy) is 5. The summed E-state index contributed by atoms with van der Waals surface area (Å²) in [5.74, 6) is -1.06. The number of benzene rings is 2. The third-order valence-corrected chi connectivity index (χ3v) is 7.39. The van der Waals surface area contributed by atoms with E-state index in [0.29, 0.717) is 5.56 Å². The first-order valence-corrected chi connectivity index (χ1v) is 13.8. The van der Waals surface area contributed by atoms with E-state index in [0.717, 1.165) is 13.0 Å². The van der Waals surface area contributed by atoms with Gasteiger partial charge in [0.15, 0.2) is 11.7 Å². The fraction of sp³-hybridized carbons (Fsp3) is 0.448. The molecule has 0 bridgehead atoms. The summed E-state index contributed by atoms with van der Waals surface area (Å²) in [4.78, 5) is 24.9. The van der Waals surface area contributed by atoms with Crippen LogP contribution in [-0.4, -0.2) is 121 Å². The molecular weight excluding hydrogens is 604 g/mol. The molecule has 1 aromatic heterocycles. The zero-order chi connectivity index (χ0) is 32.6. The minimum atomic E-state index is -1.87. The van der Waals surface area contributed by atoms with Gasteiger partial charge < -0.3 is 69.0 Å². The van der Waals surface area contributed by atoms with Crippen LogP contribution in [0.1, 0.15) is 6.92 Å². The van der Waals surface area contributed by atoms with E-state index in [1.807, 2.05) is 0 Å². The number of hydrogen-bond donors (Lipinski definition) is 8. The summed E-state index contributed by atoms with van der Waals surface area (Å²) < 4.78 is 33.4. The molecule has 3 aromatic rings. The predicted molar refractivity (Wildman–Crippen MR) is 148 cm³/mol. The third-order valence-electron chi connectivity index (χ3n) is 7.39. The van der Waals surface area contributed by atoms with E-state index in [4.69, 9.17) is 28.1 Å². The Bertz CT molecular complexity index is 1550. The first-order chi connectivity index (χ1) is 21.4. The van der Waals surface area contributed by atoms with E-state index in [1.54, 1.807) is 0 Å². The van der Waals surface area contributed by atoms with Gasteiger partial charge in [-0.3, -0.25) is 9.59 Å². The van der Waals surface area contributed by atoms with Crippen LogP contribution in [0.15, 0.2) is 51.7 Å². The Balaban J connectivity index is 1.42. The lowest BCUT2D eigenvalue weighted by atomic mass is 9.97. The average molecular weight is 637 g/mol. The maximum atomic E-state index is 13.1. The normalized spacial score (nSPS) is 31.9. The number of carbonyl (C=O) groups excluding carboxylic acids is 1. The van der Waals surface area contributed by atoms with Gasteiger partial charge in [0.25, 0.3) is 0 Å². The summed E-state index contributed by atoms with van der Waals surface area (Å²) in [5, 5.41) is 81.1. The molecule has 0 radical (unpaired) electrons. The summed E-state index contributed by atoms with van der Waals surface area (Å²) in [6.45, 7) is -0.432. The number of aliphatic hydroxyl groups is 7. The Morgan fingerprint density at radius 3 is 2.11 bits per heavy atom. The summed E-state index contributed by atoms with van der Waals surface area (Å²) >= 11 is 0. The lowest BCUT2D eigenvalue weighted by molar-refractivity contribution is -0.352. The summed E-state index contributed by atoms with van der Waals surface area (Å²) in [5.41, 5.74) is -0.217. The molecule has 16 heteroatoms. The SMILES string of the molecule is CC(=O)Oc1cc(OC2O[C@H](CO)C(OC3O[C@@H](CO)[C@H](O)[C@@H](O)[C@H]3O)[C@H](O)[C@H]2O)cc2oc(-c3ccc(O)cc3)cc(=O)c12. The van der Waals surface area contributed by atoms with Gasteiger partial charge >= 0.3 is 5.97 Å². The van der Waals surface area contributed by atoms with Gasteiger partial charge in [0.1, 0.15) is 82.8 Å². The van der Waals surface area contributed by atoms with Crippen molar-refractivity contribution in [1.29, 1.82) is 0 Å². The van der Waals surface area contributed by atoms with Gasteiger partial charge in [-0.2, -0.15) is 0 Å². The van der Waals surface area contributed by atoms with Crippen LogP contribution in [0.2, 0.25) is 0 Å². The number of phenols is 1. The van der Waals surface area contributed by atoms with Crippen molar-refractivity contribution >= 4 is 16.9 Å². The maximum absolute atomic E-state index is 13.1. The van der Waals surface area contributed by atoms with Crippen LogP contribution < -0.4 is 14.9 Å². The molecule has 0 amide bonds. The molecule has 45 heavy (non-hydrogen) atoms. The summed E-state index contributed by atoms with van der Waals surface area (Å²) in [6, 6.07) is 9.39. The minimum Gasteiger partial charge on any atom is -0.508 e.